The number of hydrogen-bond acceptors (Lipinski definition) is 4. The van der Waals surface area contributed by atoms with Crippen molar-refractivity contribution in [3.63, 3.8) is 0 Å². The number of carboxylic acids is 1. The average Bonchev–Trinajstić information content (AvgIpc) is 2.25. The van der Waals surface area contributed by atoms with Crippen LogP contribution in [0.3, 0.4) is 0 Å². The summed E-state index contributed by atoms with van der Waals surface area (Å²) in [6.45, 7) is -0.188. The van der Waals surface area contributed by atoms with E-state index in [-0.39, 0.29) is 6.54 Å². The van der Waals surface area contributed by atoms with Gasteiger partial charge in [-0.25, -0.2) is 0 Å². The van der Waals surface area contributed by atoms with Crippen LogP contribution in [-0.2, 0) is 4.79 Å². The van der Waals surface area contributed by atoms with Crippen LogP contribution in [-0.4, -0.2) is 23.9 Å². The Morgan fingerprint density at radius 2 is 2.40 bits per heavy atom. The maximum absolute atomic E-state index is 10.4. The first-order valence-electron chi connectivity index (χ1n) is 4.21. The van der Waals surface area contributed by atoms with Gasteiger partial charge in [-0.3, -0.25) is 4.79 Å². The second kappa shape index (κ2) is 5.27. The number of nitriles is 1. The molecule has 0 spiro atoms. The molecule has 1 aromatic carbocycles. The summed E-state index contributed by atoms with van der Waals surface area (Å²) in [6.07, 6.45) is 1.87. The molecule has 4 nitrogen and oxygen atoms in total. The zero-order valence-corrected chi connectivity index (χ0v) is 8.97. The summed E-state index contributed by atoms with van der Waals surface area (Å²) in [4.78, 5) is 11.2. The predicted molar refractivity (Wildman–Crippen MR) is 59.1 cm³/mol. The number of nitrogens with one attached hydrogen (secondary N) is 1. The molecule has 2 N–H and O–H groups in total. The number of benzene rings is 1. The average molecular weight is 222 g/mol. The van der Waals surface area contributed by atoms with Crippen LogP contribution in [0.15, 0.2) is 23.1 Å². The third-order valence-electron chi connectivity index (χ3n) is 1.79. The molecular formula is C10H10N2O2S. The van der Waals surface area contributed by atoms with Crippen LogP contribution in [0.4, 0.5) is 5.69 Å². The fourth-order valence-corrected chi connectivity index (χ4v) is 1.71. The minimum absolute atomic E-state index is 0.188. The van der Waals surface area contributed by atoms with Crippen molar-refractivity contribution < 1.29 is 9.90 Å². The van der Waals surface area contributed by atoms with Crippen LogP contribution in [0.1, 0.15) is 5.56 Å². The number of nitrogens with zero attached hydrogens (tertiary/aromatic N) is 1. The normalized spacial score (nSPS) is 9.33. The van der Waals surface area contributed by atoms with E-state index in [0.29, 0.717) is 11.3 Å². The maximum Gasteiger partial charge on any atom is 0.322 e. The minimum Gasteiger partial charge on any atom is -0.480 e. The number of thioether (sulfide) groups is 1. The van der Waals surface area contributed by atoms with Crippen LogP contribution in [0, 0.1) is 11.3 Å². The van der Waals surface area contributed by atoms with Crippen LogP contribution in [0.5, 0.6) is 0 Å². The van der Waals surface area contributed by atoms with Gasteiger partial charge in [0, 0.05) is 4.90 Å². The SMILES string of the molecule is CSc1cccc(NCC(=O)O)c1C#N. The highest BCUT2D eigenvalue weighted by Crippen LogP contribution is 2.25. The van der Waals surface area contributed by atoms with Crippen molar-refractivity contribution in [1.82, 2.24) is 0 Å². The molecule has 0 aliphatic rings. The third kappa shape index (κ3) is 2.89. The van der Waals surface area contributed by atoms with Crippen molar-refractivity contribution in [2.75, 3.05) is 18.1 Å². The van der Waals surface area contributed by atoms with Gasteiger partial charge in [0.25, 0.3) is 0 Å². The first-order chi connectivity index (χ1) is 7.19. The van der Waals surface area contributed by atoms with Gasteiger partial charge in [0.05, 0.1) is 11.3 Å². The summed E-state index contributed by atoms with van der Waals surface area (Å²) >= 11 is 1.46. The molecule has 0 aliphatic carbocycles. The fraction of sp³-hybridized carbons (Fsp3) is 0.200. The molecule has 0 aliphatic heterocycles. The van der Waals surface area contributed by atoms with E-state index >= 15 is 0 Å². The molecule has 0 aromatic heterocycles. The standard InChI is InChI=1S/C10H10N2O2S/c1-15-9-4-2-3-8(7(9)5-11)12-6-10(13)14/h2-4,12H,6H2,1H3,(H,13,14). The van der Waals surface area contributed by atoms with Crippen molar-refractivity contribution in [2.45, 2.75) is 4.90 Å². The first kappa shape index (κ1) is 11.4. The quantitative estimate of drug-likeness (QED) is 0.759. The molecule has 0 saturated heterocycles. The number of rotatable bonds is 4. The number of hydrogen-bond donors (Lipinski definition) is 2. The van der Waals surface area contributed by atoms with E-state index in [1.807, 2.05) is 12.3 Å². The van der Waals surface area contributed by atoms with E-state index in [1.165, 1.54) is 11.8 Å². The van der Waals surface area contributed by atoms with Gasteiger partial charge in [-0.1, -0.05) is 6.07 Å². The molecule has 0 bridgehead atoms. The molecular weight excluding hydrogens is 212 g/mol. The van der Waals surface area contributed by atoms with Crippen molar-refractivity contribution in [2.24, 2.45) is 0 Å². The van der Waals surface area contributed by atoms with Gasteiger partial charge >= 0.3 is 5.97 Å². The third-order valence-corrected chi connectivity index (χ3v) is 2.57. The van der Waals surface area contributed by atoms with Gasteiger partial charge < -0.3 is 10.4 Å². The lowest BCUT2D eigenvalue weighted by Gasteiger charge is -2.08. The molecule has 0 unspecified atom stereocenters. The lowest BCUT2D eigenvalue weighted by Crippen LogP contribution is -2.13. The number of aliphatic carboxylic acids is 1. The Labute approximate surface area is 91.9 Å². The lowest BCUT2D eigenvalue weighted by molar-refractivity contribution is -0.134. The smallest absolute Gasteiger partial charge is 0.322 e. The maximum atomic E-state index is 10.4. The van der Waals surface area contributed by atoms with Crippen LogP contribution >= 0.6 is 11.8 Å². The fourth-order valence-electron chi connectivity index (χ4n) is 1.13. The van der Waals surface area contributed by atoms with Gasteiger partial charge in [-0.2, -0.15) is 5.26 Å². The minimum atomic E-state index is -0.951. The highest BCUT2D eigenvalue weighted by molar-refractivity contribution is 7.98. The van der Waals surface area contributed by atoms with Gasteiger partial charge in [-0.05, 0) is 18.4 Å². The molecule has 1 rings (SSSR count). The summed E-state index contributed by atoms with van der Waals surface area (Å²) < 4.78 is 0. The van der Waals surface area contributed by atoms with Crippen LogP contribution in [0.2, 0.25) is 0 Å². The predicted octanol–water partition coefficient (Wildman–Crippen LogP) is 1.78. The Bertz CT molecular complexity index is 412. The van der Waals surface area contributed by atoms with Crippen molar-refractivity contribution in [3.05, 3.63) is 23.8 Å². The van der Waals surface area contributed by atoms with Gasteiger partial charge in [-0.15, -0.1) is 11.8 Å². The lowest BCUT2D eigenvalue weighted by atomic mass is 10.2. The Hall–Kier alpha value is -1.67. The zero-order chi connectivity index (χ0) is 11.3. The van der Waals surface area contributed by atoms with Gasteiger partial charge in [0.2, 0.25) is 0 Å². The van der Waals surface area contributed by atoms with E-state index in [4.69, 9.17) is 10.4 Å². The largest absolute Gasteiger partial charge is 0.480 e. The molecule has 0 atom stereocenters. The van der Waals surface area contributed by atoms with E-state index in [1.54, 1.807) is 12.1 Å². The topological polar surface area (TPSA) is 73.1 Å². The van der Waals surface area contributed by atoms with Crippen molar-refractivity contribution in [3.8, 4) is 6.07 Å². The summed E-state index contributed by atoms with van der Waals surface area (Å²) in [5, 5.41) is 20.2. The Morgan fingerprint density at radius 3 is 2.93 bits per heavy atom. The highest BCUT2D eigenvalue weighted by atomic mass is 32.2. The van der Waals surface area contributed by atoms with E-state index < -0.39 is 5.97 Å². The molecule has 15 heavy (non-hydrogen) atoms. The Morgan fingerprint density at radius 1 is 1.67 bits per heavy atom. The molecule has 5 heteroatoms. The van der Waals surface area contributed by atoms with Crippen LogP contribution in [0.25, 0.3) is 0 Å². The summed E-state index contributed by atoms with van der Waals surface area (Å²) in [5.41, 5.74) is 1.05. The second-order valence-electron chi connectivity index (χ2n) is 2.74. The van der Waals surface area contributed by atoms with Crippen LogP contribution < -0.4 is 5.32 Å². The van der Waals surface area contributed by atoms with Crippen molar-refractivity contribution in [1.29, 1.82) is 5.26 Å². The first-order valence-corrected chi connectivity index (χ1v) is 5.44. The van der Waals surface area contributed by atoms with E-state index in [9.17, 15) is 4.79 Å². The molecule has 0 saturated carbocycles. The number of anilines is 1. The van der Waals surface area contributed by atoms with Gasteiger partial charge in [0.1, 0.15) is 12.6 Å². The number of carboxylic acid groups (broad SMARTS) is 1. The second-order valence-corrected chi connectivity index (χ2v) is 3.59. The van der Waals surface area contributed by atoms with Gasteiger partial charge in [0.15, 0.2) is 0 Å². The monoisotopic (exact) mass is 222 g/mol. The molecule has 0 heterocycles. The molecule has 0 radical (unpaired) electrons. The summed E-state index contributed by atoms with van der Waals surface area (Å²) in [6, 6.07) is 7.38. The molecule has 0 amide bonds. The van der Waals surface area contributed by atoms with E-state index in [2.05, 4.69) is 11.4 Å². The summed E-state index contributed by atoms with van der Waals surface area (Å²) in [5.74, 6) is -0.951. The molecule has 1 aromatic rings. The highest BCUT2D eigenvalue weighted by Gasteiger charge is 2.07. The Kier molecular flexibility index (Phi) is 4.01. The van der Waals surface area contributed by atoms with Crippen molar-refractivity contribution >= 4 is 23.4 Å². The van der Waals surface area contributed by atoms with E-state index in [0.717, 1.165) is 4.90 Å². The molecule has 0 fully saturated rings. The number of carbonyl (C=O) groups is 1. The zero-order valence-electron chi connectivity index (χ0n) is 8.15. The Balaban J connectivity index is 2.97. The molecule has 78 valence electrons. The summed E-state index contributed by atoms with van der Waals surface area (Å²) in [7, 11) is 0.